The number of hydrogen-bond donors (Lipinski definition) is 2. The molecule has 0 spiro atoms. The third kappa shape index (κ3) is 4.04. The number of H-pyrrole nitrogens is 1. The van der Waals surface area contributed by atoms with Crippen molar-refractivity contribution < 1.29 is 9.53 Å². The van der Waals surface area contributed by atoms with E-state index in [2.05, 4.69) is 20.6 Å². The number of nitrogens with zero attached hydrogens (tertiary/aromatic N) is 3. The molecule has 7 nitrogen and oxygen atoms in total. The molecule has 0 saturated heterocycles. The van der Waals surface area contributed by atoms with E-state index in [0.717, 1.165) is 17.0 Å². The number of anilines is 1. The highest BCUT2D eigenvalue weighted by Crippen LogP contribution is 2.19. The van der Waals surface area contributed by atoms with Crippen LogP contribution in [0.3, 0.4) is 0 Å². The first-order valence-corrected chi connectivity index (χ1v) is 8.41. The summed E-state index contributed by atoms with van der Waals surface area (Å²) in [6, 6.07) is 22.6. The van der Waals surface area contributed by atoms with Gasteiger partial charge in [0.25, 0.3) is 5.91 Å². The molecule has 0 atom stereocenters. The fourth-order valence-electron chi connectivity index (χ4n) is 2.54. The maximum Gasteiger partial charge on any atom is 0.277 e. The Hall–Kier alpha value is -3.87. The van der Waals surface area contributed by atoms with E-state index in [9.17, 15) is 4.79 Å². The summed E-state index contributed by atoms with van der Waals surface area (Å²) >= 11 is 0. The van der Waals surface area contributed by atoms with Crippen LogP contribution in [0.5, 0.6) is 5.75 Å². The lowest BCUT2D eigenvalue weighted by Gasteiger charge is -2.05. The normalized spacial score (nSPS) is 10.5. The number of para-hydroxylation sites is 1. The quantitative estimate of drug-likeness (QED) is 0.551. The van der Waals surface area contributed by atoms with Crippen LogP contribution in [0.25, 0.3) is 11.3 Å². The first-order chi connectivity index (χ1) is 13.3. The first-order valence-electron chi connectivity index (χ1n) is 8.41. The smallest absolute Gasteiger partial charge is 0.277 e. The highest BCUT2D eigenvalue weighted by molar-refractivity contribution is 6.02. The van der Waals surface area contributed by atoms with E-state index in [1.54, 1.807) is 23.0 Å². The van der Waals surface area contributed by atoms with E-state index >= 15 is 0 Å². The molecular weight excluding hydrogens is 342 g/mol. The van der Waals surface area contributed by atoms with Crippen molar-refractivity contribution in [1.82, 2.24) is 20.0 Å². The lowest BCUT2D eigenvalue weighted by molar-refractivity contribution is 0.102. The van der Waals surface area contributed by atoms with E-state index < -0.39 is 0 Å². The zero-order valence-electron chi connectivity index (χ0n) is 14.4. The minimum Gasteiger partial charge on any atom is -0.471 e. The second-order valence-corrected chi connectivity index (χ2v) is 5.81. The van der Waals surface area contributed by atoms with E-state index in [4.69, 9.17) is 4.74 Å². The monoisotopic (exact) mass is 359 g/mol. The van der Waals surface area contributed by atoms with Crippen LogP contribution in [-0.2, 0) is 6.73 Å². The van der Waals surface area contributed by atoms with E-state index in [0.29, 0.717) is 5.82 Å². The summed E-state index contributed by atoms with van der Waals surface area (Å²) in [4.78, 5) is 12.4. The molecule has 2 aromatic heterocycles. The summed E-state index contributed by atoms with van der Waals surface area (Å²) in [6.45, 7) is 0.220. The number of carbonyl (C=O) groups is 1. The second-order valence-electron chi connectivity index (χ2n) is 5.81. The van der Waals surface area contributed by atoms with Crippen molar-refractivity contribution in [2.24, 2.45) is 0 Å². The van der Waals surface area contributed by atoms with Gasteiger partial charge >= 0.3 is 0 Å². The van der Waals surface area contributed by atoms with Gasteiger partial charge in [-0.15, -0.1) is 0 Å². The lowest BCUT2D eigenvalue weighted by Crippen LogP contribution is -2.14. The largest absolute Gasteiger partial charge is 0.471 e. The van der Waals surface area contributed by atoms with Crippen molar-refractivity contribution in [3.05, 3.63) is 84.7 Å². The third-order valence-electron chi connectivity index (χ3n) is 3.88. The van der Waals surface area contributed by atoms with Gasteiger partial charge in [-0.3, -0.25) is 9.89 Å². The Kier molecular flexibility index (Phi) is 4.65. The molecule has 0 saturated carbocycles. The van der Waals surface area contributed by atoms with Gasteiger partial charge in [-0.25, -0.2) is 4.68 Å². The van der Waals surface area contributed by atoms with Crippen LogP contribution in [0.2, 0.25) is 0 Å². The number of rotatable bonds is 6. The van der Waals surface area contributed by atoms with Crippen molar-refractivity contribution in [3.63, 3.8) is 0 Å². The molecule has 4 rings (SSSR count). The van der Waals surface area contributed by atoms with Crippen molar-refractivity contribution in [2.45, 2.75) is 6.73 Å². The van der Waals surface area contributed by atoms with Crippen LogP contribution in [0.15, 0.2) is 79.0 Å². The minimum atomic E-state index is -0.334. The molecule has 4 aromatic rings. The molecular formula is C20H17N5O2. The molecule has 0 aliphatic carbocycles. The Morgan fingerprint density at radius 2 is 1.78 bits per heavy atom. The van der Waals surface area contributed by atoms with E-state index in [1.165, 1.54) is 0 Å². The zero-order chi connectivity index (χ0) is 18.5. The summed E-state index contributed by atoms with van der Waals surface area (Å²) in [5, 5.41) is 14.0. The Bertz CT molecular complexity index is 1020. The summed E-state index contributed by atoms with van der Waals surface area (Å²) in [6.07, 6.45) is 1.69. The fourth-order valence-corrected chi connectivity index (χ4v) is 2.54. The van der Waals surface area contributed by atoms with Gasteiger partial charge in [-0.05, 0) is 23.8 Å². The highest BCUT2D eigenvalue weighted by atomic mass is 16.5. The molecule has 0 fully saturated rings. The van der Waals surface area contributed by atoms with Crippen molar-refractivity contribution in [2.75, 3.05) is 5.32 Å². The zero-order valence-corrected chi connectivity index (χ0v) is 14.4. The minimum absolute atomic E-state index is 0.220. The maximum absolute atomic E-state index is 12.4. The van der Waals surface area contributed by atoms with Gasteiger partial charge < -0.3 is 10.1 Å². The number of carbonyl (C=O) groups excluding carboxylic acids is 1. The number of hydrogen-bond acceptors (Lipinski definition) is 4. The molecule has 2 aromatic carbocycles. The molecule has 0 unspecified atom stereocenters. The topological polar surface area (TPSA) is 84.8 Å². The number of nitrogens with one attached hydrogen (secondary N) is 2. The third-order valence-corrected chi connectivity index (χ3v) is 3.88. The Morgan fingerprint density at radius 3 is 2.56 bits per heavy atom. The lowest BCUT2D eigenvalue weighted by atomic mass is 10.1. The number of aromatic nitrogens is 4. The predicted molar refractivity (Wildman–Crippen MR) is 101 cm³/mol. The molecule has 134 valence electrons. The first kappa shape index (κ1) is 16.6. The van der Waals surface area contributed by atoms with Gasteiger partial charge in [0.2, 0.25) is 0 Å². The molecule has 2 N–H and O–H groups in total. The molecule has 7 heteroatoms. The second kappa shape index (κ2) is 7.57. The number of ether oxygens (including phenoxy) is 1. The number of benzene rings is 2. The van der Waals surface area contributed by atoms with Gasteiger partial charge in [0.15, 0.2) is 18.2 Å². The van der Waals surface area contributed by atoms with Crippen LogP contribution in [-0.4, -0.2) is 25.9 Å². The molecule has 2 heterocycles. The number of amides is 1. The van der Waals surface area contributed by atoms with Gasteiger partial charge in [-0.1, -0.05) is 48.5 Å². The Balaban J connectivity index is 1.38. The van der Waals surface area contributed by atoms with E-state index in [1.807, 2.05) is 60.7 Å². The van der Waals surface area contributed by atoms with Crippen LogP contribution in [0.4, 0.5) is 5.82 Å². The van der Waals surface area contributed by atoms with Crippen LogP contribution >= 0.6 is 0 Å². The van der Waals surface area contributed by atoms with Crippen LogP contribution in [0, 0.1) is 0 Å². The predicted octanol–water partition coefficient (Wildman–Crippen LogP) is 3.56. The Labute approximate surface area is 155 Å². The van der Waals surface area contributed by atoms with Gasteiger partial charge in [0, 0.05) is 12.3 Å². The summed E-state index contributed by atoms with van der Waals surface area (Å²) in [5.41, 5.74) is 2.11. The van der Waals surface area contributed by atoms with Crippen LogP contribution in [0.1, 0.15) is 10.5 Å². The molecule has 0 aliphatic rings. The van der Waals surface area contributed by atoms with Crippen molar-refractivity contribution in [1.29, 1.82) is 0 Å². The summed E-state index contributed by atoms with van der Waals surface area (Å²) in [7, 11) is 0. The molecule has 0 radical (unpaired) electrons. The van der Waals surface area contributed by atoms with Gasteiger partial charge in [0.05, 0.1) is 5.69 Å². The molecule has 0 aliphatic heterocycles. The van der Waals surface area contributed by atoms with E-state index in [-0.39, 0.29) is 18.3 Å². The molecule has 1 amide bonds. The Morgan fingerprint density at radius 1 is 1.04 bits per heavy atom. The summed E-state index contributed by atoms with van der Waals surface area (Å²) < 4.78 is 7.16. The molecule has 0 bridgehead atoms. The average Bonchev–Trinajstić information content (AvgIpc) is 3.38. The maximum atomic E-state index is 12.4. The van der Waals surface area contributed by atoms with Gasteiger partial charge in [-0.2, -0.15) is 10.2 Å². The summed E-state index contributed by atoms with van der Waals surface area (Å²) in [5.74, 6) is 0.845. The van der Waals surface area contributed by atoms with Crippen molar-refractivity contribution >= 4 is 11.7 Å². The highest BCUT2D eigenvalue weighted by Gasteiger charge is 2.12. The molecule has 27 heavy (non-hydrogen) atoms. The fraction of sp³-hybridized carbons (Fsp3) is 0.0500. The number of aromatic amines is 1. The average molecular weight is 359 g/mol. The SMILES string of the molecule is O=C(Nc1cc(-c2ccccc2)[nH]n1)c1ccn(COc2ccccc2)n1. The van der Waals surface area contributed by atoms with Crippen molar-refractivity contribution in [3.8, 4) is 17.0 Å². The van der Waals surface area contributed by atoms with Gasteiger partial charge in [0.1, 0.15) is 5.75 Å². The standard InChI is InChI=1S/C20H17N5O2/c26-20(21-19-13-18(22-23-19)15-7-3-1-4-8-15)17-11-12-25(24-17)14-27-16-9-5-2-6-10-16/h1-13H,14H2,(H2,21,22,23,26). The van der Waals surface area contributed by atoms with Crippen LogP contribution < -0.4 is 10.1 Å².